The van der Waals surface area contributed by atoms with E-state index in [0.717, 1.165) is 32.1 Å². The average Bonchev–Trinajstić information content (AvgIpc) is 3.57. The maximum absolute atomic E-state index is 12.7. The first-order valence-corrected chi connectivity index (χ1v) is 12.6. The Morgan fingerprint density at radius 3 is 2.26 bits per heavy atom. The standard InChI is InChI=1S/C28H32N2O5/c31-26(32)14-17-7-1-6-12-25(17)30-27(33)23-13-18(23)15-29-28(34)35-16-24-21-10-4-2-8-19(21)20-9-3-5-11-22(20)24/h2-5,8-11,17-18,23-25H,1,6-7,12-16H2,(H,29,34)(H,30,33)(H,31,32). The number of hydrogen-bond acceptors (Lipinski definition) is 4. The fourth-order valence-corrected chi connectivity index (χ4v) is 5.81. The lowest BCUT2D eigenvalue weighted by atomic mass is 9.82. The van der Waals surface area contributed by atoms with E-state index in [1.807, 2.05) is 24.3 Å². The van der Waals surface area contributed by atoms with Gasteiger partial charge in [0.15, 0.2) is 0 Å². The van der Waals surface area contributed by atoms with E-state index in [2.05, 4.69) is 34.9 Å². The second kappa shape index (κ2) is 10.1. The first kappa shape index (κ1) is 23.4. The lowest BCUT2D eigenvalue weighted by Gasteiger charge is -2.31. The molecule has 0 heterocycles. The number of carboxylic acid groups (broad SMARTS) is 1. The molecule has 184 valence electrons. The van der Waals surface area contributed by atoms with Gasteiger partial charge < -0.3 is 20.5 Å². The number of nitrogens with one attached hydrogen (secondary N) is 2. The van der Waals surface area contributed by atoms with Crippen molar-refractivity contribution in [3.8, 4) is 11.1 Å². The second-order valence-corrected chi connectivity index (χ2v) is 10.1. The first-order chi connectivity index (χ1) is 17.0. The Kier molecular flexibility index (Phi) is 6.75. The lowest BCUT2D eigenvalue weighted by molar-refractivity contribution is -0.139. The molecule has 35 heavy (non-hydrogen) atoms. The van der Waals surface area contributed by atoms with E-state index in [0.29, 0.717) is 6.54 Å². The normalized spacial score (nSPS) is 24.7. The van der Waals surface area contributed by atoms with Crippen LogP contribution in [0.4, 0.5) is 4.79 Å². The molecule has 5 rings (SSSR count). The number of benzene rings is 2. The highest BCUT2D eigenvalue weighted by atomic mass is 16.5. The SMILES string of the molecule is O=C(O)CC1CCCCC1NC(=O)C1CC1CNC(=O)OCC1c2ccccc2-c2ccccc21. The molecule has 4 unspecified atom stereocenters. The van der Waals surface area contributed by atoms with Crippen molar-refractivity contribution in [3.63, 3.8) is 0 Å². The van der Waals surface area contributed by atoms with E-state index >= 15 is 0 Å². The van der Waals surface area contributed by atoms with Crippen LogP contribution in [0.3, 0.4) is 0 Å². The molecule has 0 aromatic heterocycles. The third-order valence-electron chi connectivity index (χ3n) is 7.79. The Morgan fingerprint density at radius 1 is 0.914 bits per heavy atom. The Bertz CT molecular complexity index is 1070. The van der Waals surface area contributed by atoms with Gasteiger partial charge in [-0.15, -0.1) is 0 Å². The molecular formula is C28H32N2O5. The van der Waals surface area contributed by atoms with Gasteiger partial charge in [0.05, 0.1) is 6.42 Å². The van der Waals surface area contributed by atoms with Gasteiger partial charge in [-0.1, -0.05) is 61.4 Å². The van der Waals surface area contributed by atoms with Crippen LogP contribution >= 0.6 is 0 Å². The molecule has 2 aromatic rings. The Labute approximate surface area is 205 Å². The number of ether oxygens (including phenoxy) is 1. The number of carbonyl (C=O) groups excluding carboxylic acids is 2. The molecule has 7 heteroatoms. The molecule has 0 radical (unpaired) electrons. The van der Waals surface area contributed by atoms with Crippen molar-refractivity contribution in [1.29, 1.82) is 0 Å². The summed E-state index contributed by atoms with van der Waals surface area (Å²) in [4.78, 5) is 36.2. The monoisotopic (exact) mass is 476 g/mol. The maximum Gasteiger partial charge on any atom is 0.407 e. The molecule has 0 aliphatic heterocycles. The number of amides is 2. The van der Waals surface area contributed by atoms with Crippen molar-refractivity contribution in [2.75, 3.05) is 13.2 Å². The Morgan fingerprint density at radius 2 is 1.57 bits per heavy atom. The highest BCUT2D eigenvalue weighted by Crippen LogP contribution is 2.44. The van der Waals surface area contributed by atoms with E-state index in [9.17, 15) is 14.4 Å². The van der Waals surface area contributed by atoms with Crippen molar-refractivity contribution < 1.29 is 24.2 Å². The second-order valence-electron chi connectivity index (χ2n) is 10.1. The number of carbonyl (C=O) groups is 3. The highest BCUT2D eigenvalue weighted by Gasteiger charge is 2.44. The molecule has 3 aliphatic carbocycles. The summed E-state index contributed by atoms with van der Waals surface area (Å²) >= 11 is 0. The van der Waals surface area contributed by atoms with E-state index in [1.54, 1.807) is 0 Å². The first-order valence-electron chi connectivity index (χ1n) is 12.6. The summed E-state index contributed by atoms with van der Waals surface area (Å²) in [5, 5.41) is 15.1. The fraction of sp³-hybridized carbons (Fsp3) is 0.464. The van der Waals surface area contributed by atoms with Gasteiger partial charge in [0.1, 0.15) is 6.61 Å². The largest absolute Gasteiger partial charge is 0.481 e. The van der Waals surface area contributed by atoms with E-state index in [1.165, 1.54) is 22.3 Å². The fourth-order valence-electron chi connectivity index (χ4n) is 5.81. The zero-order chi connectivity index (χ0) is 24.4. The third kappa shape index (κ3) is 5.19. The van der Waals surface area contributed by atoms with Crippen molar-refractivity contribution in [2.45, 2.75) is 50.5 Å². The minimum Gasteiger partial charge on any atom is -0.481 e. The highest BCUT2D eigenvalue weighted by molar-refractivity contribution is 5.82. The summed E-state index contributed by atoms with van der Waals surface area (Å²) in [7, 11) is 0. The molecule has 4 atom stereocenters. The van der Waals surface area contributed by atoms with Crippen molar-refractivity contribution in [3.05, 3.63) is 59.7 Å². The lowest BCUT2D eigenvalue weighted by Crippen LogP contribution is -2.44. The van der Waals surface area contributed by atoms with Gasteiger partial charge in [-0.3, -0.25) is 9.59 Å². The molecule has 3 aliphatic rings. The van der Waals surface area contributed by atoms with Crippen LogP contribution in [-0.2, 0) is 14.3 Å². The molecule has 7 nitrogen and oxygen atoms in total. The van der Waals surface area contributed by atoms with Crippen LogP contribution in [0.5, 0.6) is 0 Å². The number of alkyl carbamates (subject to hydrolysis) is 1. The summed E-state index contributed by atoms with van der Waals surface area (Å²) < 4.78 is 5.58. The summed E-state index contributed by atoms with van der Waals surface area (Å²) in [6, 6.07) is 16.4. The Balaban J connectivity index is 1.08. The average molecular weight is 477 g/mol. The van der Waals surface area contributed by atoms with E-state index in [-0.39, 0.29) is 48.6 Å². The third-order valence-corrected chi connectivity index (χ3v) is 7.79. The van der Waals surface area contributed by atoms with Crippen LogP contribution in [0.25, 0.3) is 11.1 Å². The summed E-state index contributed by atoms with van der Waals surface area (Å²) in [6.45, 7) is 0.666. The maximum atomic E-state index is 12.7. The van der Waals surface area contributed by atoms with Gasteiger partial charge in [-0.05, 0) is 53.4 Å². The minimum absolute atomic E-state index is 0.00125. The predicted molar refractivity (Wildman–Crippen MR) is 131 cm³/mol. The van der Waals surface area contributed by atoms with Crippen LogP contribution in [0.2, 0.25) is 0 Å². The van der Waals surface area contributed by atoms with Gasteiger partial charge >= 0.3 is 12.1 Å². The zero-order valence-electron chi connectivity index (χ0n) is 19.7. The number of fused-ring (bicyclic) bond motifs is 3. The molecule has 2 aromatic carbocycles. The zero-order valence-corrected chi connectivity index (χ0v) is 19.7. The summed E-state index contributed by atoms with van der Waals surface area (Å²) in [6.07, 6.45) is 4.06. The number of aliphatic carboxylic acids is 1. The Hall–Kier alpha value is -3.35. The molecule has 2 fully saturated rings. The van der Waals surface area contributed by atoms with Crippen LogP contribution in [0.15, 0.2) is 48.5 Å². The summed E-state index contributed by atoms with van der Waals surface area (Å²) in [5.74, 6) is -0.851. The van der Waals surface area contributed by atoms with Crippen molar-refractivity contribution >= 4 is 18.0 Å². The van der Waals surface area contributed by atoms with Gasteiger partial charge in [0.2, 0.25) is 5.91 Å². The smallest absolute Gasteiger partial charge is 0.407 e. The molecule has 0 saturated heterocycles. The van der Waals surface area contributed by atoms with Crippen molar-refractivity contribution in [2.24, 2.45) is 17.8 Å². The van der Waals surface area contributed by atoms with Gasteiger partial charge in [-0.2, -0.15) is 0 Å². The molecule has 2 saturated carbocycles. The summed E-state index contributed by atoms with van der Waals surface area (Å²) in [5.41, 5.74) is 4.72. The predicted octanol–water partition coefficient (Wildman–Crippen LogP) is 4.31. The van der Waals surface area contributed by atoms with Gasteiger partial charge in [0, 0.05) is 24.4 Å². The van der Waals surface area contributed by atoms with Crippen LogP contribution in [-0.4, -0.2) is 42.3 Å². The van der Waals surface area contributed by atoms with Gasteiger partial charge in [0.25, 0.3) is 0 Å². The quantitative estimate of drug-likeness (QED) is 0.527. The number of hydrogen-bond donors (Lipinski definition) is 3. The van der Waals surface area contributed by atoms with Crippen LogP contribution in [0, 0.1) is 17.8 Å². The topological polar surface area (TPSA) is 105 Å². The van der Waals surface area contributed by atoms with Crippen LogP contribution in [0.1, 0.15) is 55.6 Å². The molecule has 0 bridgehead atoms. The molecule has 3 N–H and O–H groups in total. The van der Waals surface area contributed by atoms with Gasteiger partial charge in [-0.25, -0.2) is 4.79 Å². The molecule has 2 amide bonds. The van der Waals surface area contributed by atoms with E-state index < -0.39 is 12.1 Å². The molecule has 0 spiro atoms. The van der Waals surface area contributed by atoms with Crippen LogP contribution < -0.4 is 10.6 Å². The number of carboxylic acids is 1. The number of rotatable bonds is 8. The van der Waals surface area contributed by atoms with Crippen molar-refractivity contribution in [1.82, 2.24) is 10.6 Å². The molecular weight excluding hydrogens is 444 g/mol. The minimum atomic E-state index is -0.812. The van der Waals surface area contributed by atoms with E-state index in [4.69, 9.17) is 9.84 Å².